The fraction of sp³-hybridized carbons (Fsp3) is 0.619. The van der Waals surface area contributed by atoms with E-state index >= 15 is 0 Å². The zero-order valence-corrected chi connectivity index (χ0v) is 16.5. The van der Waals surface area contributed by atoms with Gasteiger partial charge in [-0.2, -0.15) is 0 Å². The van der Waals surface area contributed by atoms with E-state index in [-0.39, 0.29) is 0 Å². The first kappa shape index (κ1) is 23.8. The van der Waals surface area contributed by atoms with Gasteiger partial charge in [-0.05, 0) is 49.8 Å². The molecule has 0 aliphatic heterocycles. The van der Waals surface area contributed by atoms with Gasteiger partial charge >= 0.3 is 0 Å². The van der Waals surface area contributed by atoms with Gasteiger partial charge in [0.05, 0.1) is 7.11 Å². The average molecular weight is 322 g/mol. The molecule has 0 atom stereocenters. The van der Waals surface area contributed by atoms with Crippen LogP contribution in [0.5, 0.6) is 5.75 Å². The van der Waals surface area contributed by atoms with Gasteiger partial charge in [0.25, 0.3) is 0 Å². The summed E-state index contributed by atoms with van der Waals surface area (Å²) in [7, 11) is 1.70. The monoisotopic (exact) mass is 321 g/mol. The van der Waals surface area contributed by atoms with Gasteiger partial charge in [-0.3, -0.25) is 0 Å². The quantitative estimate of drug-likeness (QED) is 0.571. The van der Waals surface area contributed by atoms with Gasteiger partial charge in [0.1, 0.15) is 5.75 Å². The maximum atomic E-state index is 5.16. The lowest BCUT2D eigenvalue weighted by Crippen LogP contribution is -2.26. The number of hydrogen-bond donors (Lipinski definition) is 1. The Morgan fingerprint density at radius 3 is 2.00 bits per heavy atom. The molecule has 0 unspecified atom stereocenters. The summed E-state index contributed by atoms with van der Waals surface area (Å²) in [5.41, 5.74) is 2.53. The molecule has 0 aliphatic carbocycles. The van der Waals surface area contributed by atoms with E-state index in [0.29, 0.717) is 6.04 Å². The van der Waals surface area contributed by atoms with Crippen molar-refractivity contribution in [1.82, 2.24) is 5.32 Å². The summed E-state index contributed by atoms with van der Waals surface area (Å²) in [6, 6.07) is 8.89. The van der Waals surface area contributed by atoms with Gasteiger partial charge in [0.15, 0.2) is 0 Å². The molecule has 0 aliphatic rings. The molecular weight excluding hydrogens is 282 g/mol. The van der Waals surface area contributed by atoms with Crippen LogP contribution in [0.4, 0.5) is 0 Å². The fourth-order valence-corrected chi connectivity index (χ4v) is 2.15. The number of allylic oxidation sites excluding steroid dienone is 1. The molecule has 0 heterocycles. The fourth-order valence-electron chi connectivity index (χ4n) is 2.15. The summed E-state index contributed by atoms with van der Waals surface area (Å²) in [5, 5.41) is 3.51. The SMILES string of the molecule is C=C(CCCc1ccc(OC)cc1)NC(CC)CC.CC.CC. The lowest BCUT2D eigenvalue weighted by molar-refractivity contribution is 0.414. The largest absolute Gasteiger partial charge is 0.497 e. The molecule has 0 radical (unpaired) electrons. The first-order chi connectivity index (χ1) is 11.2. The van der Waals surface area contributed by atoms with Gasteiger partial charge in [0.2, 0.25) is 0 Å². The van der Waals surface area contributed by atoms with Crippen molar-refractivity contribution in [2.75, 3.05) is 7.11 Å². The first-order valence-electron chi connectivity index (χ1n) is 9.26. The molecule has 1 rings (SSSR count). The minimum atomic E-state index is 0.577. The van der Waals surface area contributed by atoms with Gasteiger partial charge in [-0.1, -0.05) is 60.3 Å². The molecule has 0 saturated carbocycles. The van der Waals surface area contributed by atoms with E-state index in [4.69, 9.17) is 4.74 Å². The normalized spacial score (nSPS) is 9.22. The predicted octanol–water partition coefficient (Wildman–Crippen LogP) is 6.36. The third-order valence-corrected chi connectivity index (χ3v) is 3.50. The van der Waals surface area contributed by atoms with Crippen molar-refractivity contribution in [3.8, 4) is 5.75 Å². The number of rotatable bonds is 9. The number of benzene rings is 1. The van der Waals surface area contributed by atoms with E-state index in [2.05, 4.69) is 37.9 Å². The van der Waals surface area contributed by atoms with Crippen LogP contribution < -0.4 is 10.1 Å². The standard InChI is InChI=1S/C17H27NO.2C2H6/c1-5-16(6-2)18-14(3)8-7-9-15-10-12-17(19-4)13-11-15;2*1-2/h10-13,16,18H,3,5-9H2,1-2,4H3;2*1-2H3. The molecule has 1 aromatic rings. The van der Waals surface area contributed by atoms with Crippen LogP contribution in [-0.2, 0) is 6.42 Å². The first-order valence-corrected chi connectivity index (χ1v) is 9.26. The molecule has 0 bridgehead atoms. The van der Waals surface area contributed by atoms with Crippen LogP contribution in [0.2, 0.25) is 0 Å². The average Bonchev–Trinajstić information content (AvgIpc) is 2.63. The van der Waals surface area contributed by atoms with Crippen molar-refractivity contribution in [2.45, 2.75) is 79.7 Å². The van der Waals surface area contributed by atoms with Crippen molar-refractivity contribution < 1.29 is 4.74 Å². The number of nitrogens with one attached hydrogen (secondary N) is 1. The Labute approximate surface area is 145 Å². The Bertz CT molecular complexity index is 366. The highest BCUT2D eigenvalue weighted by Crippen LogP contribution is 2.14. The molecule has 0 fully saturated rings. The summed E-state index contributed by atoms with van der Waals surface area (Å²) in [5.74, 6) is 0.920. The zero-order chi connectivity index (χ0) is 18.1. The molecule has 0 amide bonds. The highest BCUT2D eigenvalue weighted by atomic mass is 16.5. The summed E-state index contributed by atoms with van der Waals surface area (Å²) in [6.07, 6.45) is 5.59. The molecule has 2 nitrogen and oxygen atoms in total. The molecule has 0 saturated heterocycles. The van der Waals surface area contributed by atoms with Crippen molar-refractivity contribution >= 4 is 0 Å². The third-order valence-electron chi connectivity index (χ3n) is 3.50. The molecule has 1 N–H and O–H groups in total. The Kier molecular flexibility index (Phi) is 17.5. The van der Waals surface area contributed by atoms with Crippen LogP contribution in [0.25, 0.3) is 0 Å². The number of hydrogen-bond acceptors (Lipinski definition) is 2. The minimum absolute atomic E-state index is 0.577. The molecular formula is C21H39NO. The van der Waals surface area contributed by atoms with Crippen molar-refractivity contribution in [3.05, 3.63) is 42.1 Å². The van der Waals surface area contributed by atoms with Crippen LogP contribution in [0.15, 0.2) is 36.5 Å². The minimum Gasteiger partial charge on any atom is -0.497 e. The lowest BCUT2D eigenvalue weighted by Gasteiger charge is -2.18. The lowest BCUT2D eigenvalue weighted by atomic mass is 10.1. The zero-order valence-electron chi connectivity index (χ0n) is 16.5. The van der Waals surface area contributed by atoms with Crippen molar-refractivity contribution in [1.29, 1.82) is 0 Å². The predicted molar refractivity (Wildman–Crippen MR) is 105 cm³/mol. The van der Waals surface area contributed by atoms with E-state index in [0.717, 1.165) is 37.9 Å². The van der Waals surface area contributed by atoms with Crippen LogP contribution in [0.3, 0.4) is 0 Å². The van der Waals surface area contributed by atoms with Crippen molar-refractivity contribution in [3.63, 3.8) is 0 Å². The van der Waals surface area contributed by atoms with Gasteiger partial charge in [0, 0.05) is 11.7 Å². The summed E-state index contributed by atoms with van der Waals surface area (Å²) in [6.45, 7) is 16.5. The second kappa shape index (κ2) is 16.9. The van der Waals surface area contributed by atoms with Gasteiger partial charge in [-0.15, -0.1) is 0 Å². The Hall–Kier alpha value is -1.44. The Balaban J connectivity index is 0. The van der Waals surface area contributed by atoms with E-state index in [9.17, 15) is 0 Å². The van der Waals surface area contributed by atoms with E-state index in [1.165, 1.54) is 11.3 Å². The number of ether oxygens (including phenoxy) is 1. The second-order valence-electron chi connectivity index (χ2n) is 4.96. The van der Waals surface area contributed by atoms with E-state index in [1.807, 2.05) is 39.8 Å². The van der Waals surface area contributed by atoms with Crippen LogP contribution in [0.1, 0.15) is 72.8 Å². The molecule has 0 spiro atoms. The topological polar surface area (TPSA) is 21.3 Å². The molecule has 1 aromatic carbocycles. The molecule has 0 aromatic heterocycles. The van der Waals surface area contributed by atoms with Crippen molar-refractivity contribution in [2.24, 2.45) is 0 Å². The maximum absolute atomic E-state index is 5.16. The molecule has 23 heavy (non-hydrogen) atoms. The van der Waals surface area contributed by atoms with Crippen LogP contribution in [-0.4, -0.2) is 13.2 Å². The summed E-state index contributed by atoms with van der Waals surface area (Å²) < 4.78 is 5.16. The maximum Gasteiger partial charge on any atom is 0.118 e. The molecule has 2 heteroatoms. The Morgan fingerprint density at radius 1 is 1.04 bits per heavy atom. The molecule has 134 valence electrons. The summed E-state index contributed by atoms with van der Waals surface area (Å²) >= 11 is 0. The highest BCUT2D eigenvalue weighted by molar-refractivity contribution is 5.27. The van der Waals surface area contributed by atoms with Gasteiger partial charge < -0.3 is 10.1 Å². The van der Waals surface area contributed by atoms with Gasteiger partial charge in [-0.25, -0.2) is 0 Å². The third kappa shape index (κ3) is 11.7. The number of aryl methyl sites for hydroxylation is 1. The van der Waals surface area contributed by atoms with Crippen LogP contribution in [0, 0.1) is 0 Å². The van der Waals surface area contributed by atoms with E-state index in [1.54, 1.807) is 7.11 Å². The number of methoxy groups -OCH3 is 1. The summed E-state index contributed by atoms with van der Waals surface area (Å²) in [4.78, 5) is 0. The van der Waals surface area contributed by atoms with Crippen LogP contribution >= 0.6 is 0 Å². The highest BCUT2D eigenvalue weighted by Gasteiger charge is 2.03. The second-order valence-corrected chi connectivity index (χ2v) is 4.96. The smallest absolute Gasteiger partial charge is 0.118 e. The Morgan fingerprint density at radius 2 is 1.57 bits per heavy atom. The van der Waals surface area contributed by atoms with E-state index < -0.39 is 0 Å².